The van der Waals surface area contributed by atoms with Crippen molar-refractivity contribution < 1.29 is 0 Å². The number of nitrogens with one attached hydrogen (secondary N) is 1. The molecule has 0 bridgehead atoms. The van der Waals surface area contributed by atoms with Gasteiger partial charge in [-0.15, -0.1) is 0 Å². The van der Waals surface area contributed by atoms with Crippen molar-refractivity contribution in [3.8, 4) is 0 Å². The molecular formula is C15H15ClN2S. The largest absolute Gasteiger partial charge is 0.389 e. The first kappa shape index (κ1) is 13.8. The van der Waals surface area contributed by atoms with Gasteiger partial charge in [0, 0.05) is 22.8 Å². The van der Waals surface area contributed by atoms with Crippen molar-refractivity contribution >= 4 is 34.5 Å². The van der Waals surface area contributed by atoms with Gasteiger partial charge in [-0.05, 0) is 30.7 Å². The number of aryl methyl sites for hydroxylation is 1. The van der Waals surface area contributed by atoms with E-state index in [0.717, 1.165) is 11.3 Å². The van der Waals surface area contributed by atoms with Crippen LogP contribution in [0.1, 0.15) is 16.7 Å². The molecule has 2 aromatic rings. The Hall–Kier alpha value is -1.58. The standard InChI is InChI=1S/C15H15ClN2S/c1-10-3-2-4-11(7-10)9-18-14-8-12(16)5-6-13(14)15(17)19/h2-8,18H,9H2,1H3,(H2,17,19). The van der Waals surface area contributed by atoms with Crippen LogP contribution in [0.4, 0.5) is 5.69 Å². The molecule has 4 heteroatoms. The lowest BCUT2D eigenvalue weighted by Gasteiger charge is -2.12. The fourth-order valence-electron chi connectivity index (χ4n) is 1.90. The summed E-state index contributed by atoms with van der Waals surface area (Å²) in [5.41, 5.74) is 9.82. The first-order valence-corrected chi connectivity index (χ1v) is 6.73. The number of nitrogens with two attached hydrogens (primary N) is 1. The fourth-order valence-corrected chi connectivity index (χ4v) is 2.25. The molecule has 0 aliphatic heterocycles. The van der Waals surface area contributed by atoms with Gasteiger partial charge in [0.05, 0.1) is 0 Å². The molecule has 0 spiro atoms. The van der Waals surface area contributed by atoms with Crippen molar-refractivity contribution in [2.45, 2.75) is 13.5 Å². The third-order valence-electron chi connectivity index (χ3n) is 2.81. The number of rotatable bonds is 4. The summed E-state index contributed by atoms with van der Waals surface area (Å²) in [5.74, 6) is 0. The number of benzene rings is 2. The summed E-state index contributed by atoms with van der Waals surface area (Å²) in [5, 5.41) is 3.99. The Morgan fingerprint density at radius 3 is 2.74 bits per heavy atom. The third-order valence-corrected chi connectivity index (χ3v) is 3.27. The summed E-state index contributed by atoms with van der Waals surface area (Å²) in [7, 11) is 0. The molecule has 0 aliphatic carbocycles. The Morgan fingerprint density at radius 1 is 1.26 bits per heavy atom. The maximum Gasteiger partial charge on any atom is 0.106 e. The Balaban J connectivity index is 2.19. The van der Waals surface area contributed by atoms with E-state index >= 15 is 0 Å². The smallest absolute Gasteiger partial charge is 0.106 e. The van der Waals surface area contributed by atoms with Crippen LogP contribution < -0.4 is 11.1 Å². The number of halogens is 1. The van der Waals surface area contributed by atoms with Gasteiger partial charge >= 0.3 is 0 Å². The van der Waals surface area contributed by atoms with Crippen LogP contribution in [0.25, 0.3) is 0 Å². The lowest BCUT2D eigenvalue weighted by molar-refractivity contribution is 1.14. The molecule has 0 saturated heterocycles. The van der Waals surface area contributed by atoms with Gasteiger partial charge in [-0.3, -0.25) is 0 Å². The fraction of sp³-hybridized carbons (Fsp3) is 0.133. The van der Waals surface area contributed by atoms with E-state index < -0.39 is 0 Å². The molecule has 0 aromatic heterocycles. The molecule has 0 fully saturated rings. The van der Waals surface area contributed by atoms with Crippen LogP contribution in [0.3, 0.4) is 0 Å². The molecule has 2 rings (SSSR count). The molecule has 3 N–H and O–H groups in total. The van der Waals surface area contributed by atoms with Crippen molar-refractivity contribution in [2.75, 3.05) is 5.32 Å². The number of hydrogen-bond donors (Lipinski definition) is 2. The third kappa shape index (κ3) is 3.69. The summed E-state index contributed by atoms with van der Waals surface area (Å²) in [6.45, 7) is 2.78. The Labute approximate surface area is 123 Å². The molecule has 0 aliphatic rings. The van der Waals surface area contributed by atoms with Crippen molar-refractivity contribution in [3.05, 3.63) is 64.2 Å². The Bertz CT molecular complexity index is 611. The predicted octanol–water partition coefficient (Wildman–Crippen LogP) is 3.89. The van der Waals surface area contributed by atoms with Gasteiger partial charge in [0.15, 0.2) is 0 Å². The van der Waals surface area contributed by atoms with E-state index in [1.807, 2.05) is 18.2 Å². The van der Waals surface area contributed by atoms with Crippen LogP contribution in [0, 0.1) is 6.92 Å². The van der Waals surface area contributed by atoms with Gasteiger partial charge < -0.3 is 11.1 Å². The second-order valence-corrected chi connectivity index (χ2v) is 5.27. The van der Waals surface area contributed by atoms with Gasteiger partial charge in [-0.25, -0.2) is 0 Å². The Kier molecular flexibility index (Phi) is 4.40. The monoisotopic (exact) mass is 290 g/mol. The summed E-state index contributed by atoms with van der Waals surface area (Å²) in [4.78, 5) is 0.364. The molecule has 0 amide bonds. The zero-order valence-electron chi connectivity index (χ0n) is 10.6. The topological polar surface area (TPSA) is 38.0 Å². The van der Waals surface area contributed by atoms with Crippen molar-refractivity contribution in [1.29, 1.82) is 0 Å². The highest BCUT2D eigenvalue weighted by molar-refractivity contribution is 7.80. The maximum atomic E-state index is 6.00. The minimum Gasteiger partial charge on any atom is -0.389 e. The van der Waals surface area contributed by atoms with E-state index in [2.05, 4.69) is 30.4 Å². The van der Waals surface area contributed by atoms with E-state index in [-0.39, 0.29) is 0 Å². The quantitative estimate of drug-likeness (QED) is 0.839. The number of thiocarbonyl (C=S) groups is 1. The molecule has 2 aromatic carbocycles. The van der Waals surface area contributed by atoms with Gasteiger partial charge in [-0.2, -0.15) is 0 Å². The molecule has 0 unspecified atom stereocenters. The minimum absolute atomic E-state index is 0.364. The number of anilines is 1. The molecular weight excluding hydrogens is 276 g/mol. The zero-order valence-corrected chi connectivity index (χ0v) is 12.2. The molecule has 0 saturated carbocycles. The van der Waals surface area contributed by atoms with Gasteiger partial charge in [-0.1, -0.05) is 53.6 Å². The second-order valence-electron chi connectivity index (χ2n) is 4.40. The van der Waals surface area contributed by atoms with Crippen LogP contribution in [0.2, 0.25) is 5.02 Å². The zero-order chi connectivity index (χ0) is 13.8. The van der Waals surface area contributed by atoms with E-state index in [4.69, 9.17) is 29.6 Å². The van der Waals surface area contributed by atoms with E-state index in [1.54, 1.807) is 6.07 Å². The van der Waals surface area contributed by atoms with E-state index in [1.165, 1.54) is 11.1 Å². The SMILES string of the molecule is Cc1cccc(CNc2cc(Cl)ccc2C(N)=S)c1. The van der Waals surface area contributed by atoms with E-state index in [9.17, 15) is 0 Å². The molecule has 0 atom stereocenters. The molecule has 2 nitrogen and oxygen atoms in total. The average molecular weight is 291 g/mol. The lowest BCUT2D eigenvalue weighted by Crippen LogP contribution is -2.13. The second kappa shape index (κ2) is 6.04. The summed E-state index contributed by atoms with van der Waals surface area (Å²) in [6.07, 6.45) is 0. The van der Waals surface area contributed by atoms with Crippen LogP contribution in [0.5, 0.6) is 0 Å². The maximum absolute atomic E-state index is 6.00. The highest BCUT2D eigenvalue weighted by atomic mass is 35.5. The predicted molar refractivity (Wildman–Crippen MR) is 85.8 cm³/mol. The van der Waals surface area contributed by atoms with Crippen LogP contribution in [-0.2, 0) is 6.54 Å². The average Bonchev–Trinajstić information content (AvgIpc) is 2.36. The first-order chi connectivity index (χ1) is 9.06. The van der Waals surface area contributed by atoms with Gasteiger partial charge in [0.1, 0.15) is 4.99 Å². The number of hydrogen-bond acceptors (Lipinski definition) is 2. The first-order valence-electron chi connectivity index (χ1n) is 5.95. The molecule has 98 valence electrons. The highest BCUT2D eigenvalue weighted by Gasteiger charge is 2.05. The van der Waals surface area contributed by atoms with Crippen LogP contribution >= 0.6 is 23.8 Å². The van der Waals surface area contributed by atoms with E-state index in [0.29, 0.717) is 16.6 Å². The van der Waals surface area contributed by atoms with Crippen LogP contribution in [0.15, 0.2) is 42.5 Å². The van der Waals surface area contributed by atoms with Crippen molar-refractivity contribution in [2.24, 2.45) is 5.73 Å². The normalized spacial score (nSPS) is 10.2. The summed E-state index contributed by atoms with van der Waals surface area (Å²) >= 11 is 11.0. The summed E-state index contributed by atoms with van der Waals surface area (Å²) in [6, 6.07) is 13.8. The summed E-state index contributed by atoms with van der Waals surface area (Å²) < 4.78 is 0. The minimum atomic E-state index is 0.364. The highest BCUT2D eigenvalue weighted by Crippen LogP contribution is 2.22. The van der Waals surface area contributed by atoms with Crippen molar-refractivity contribution in [3.63, 3.8) is 0 Å². The molecule has 0 heterocycles. The van der Waals surface area contributed by atoms with Crippen molar-refractivity contribution in [1.82, 2.24) is 0 Å². The van der Waals surface area contributed by atoms with Gasteiger partial charge in [0.2, 0.25) is 0 Å². The lowest BCUT2D eigenvalue weighted by atomic mass is 10.1. The molecule has 0 radical (unpaired) electrons. The van der Waals surface area contributed by atoms with Crippen LogP contribution in [-0.4, -0.2) is 4.99 Å². The van der Waals surface area contributed by atoms with Gasteiger partial charge in [0.25, 0.3) is 0 Å². The molecule has 19 heavy (non-hydrogen) atoms. The Morgan fingerprint density at radius 2 is 2.05 bits per heavy atom.